The van der Waals surface area contributed by atoms with Crippen LogP contribution in [0, 0.1) is 0 Å². The van der Waals surface area contributed by atoms with Crippen LogP contribution in [0.25, 0.3) is 43.8 Å². The molecule has 0 unspecified atom stereocenters. The van der Waals surface area contributed by atoms with Crippen molar-refractivity contribution in [1.29, 1.82) is 0 Å². The third-order valence-electron chi connectivity index (χ3n) is 11.2. The van der Waals surface area contributed by atoms with E-state index in [0.29, 0.717) is 0 Å². The van der Waals surface area contributed by atoms with Gasteiger partial charge in [0, 0.05) is 32.8 Å². The molecule has 0 N–H and O–H groups in total. The second-order valence-electron chi connectivity index (χ2n) is 14.5. The van der Waals surface area contributed by atoms with Crippen LogP contribution in [0.2, 0.25) is 0 Å². The highest BCUT2D eigenvalue weighted by atomic mass is 16.5. The van der Waals surface area contributed by atoms with E-state index in [-0.39, 0.29) is 0 Å². The summed E-state index contributed by atoms with van der Waals surface area (Å²) in [5.41, 5.74) is 12.6. The fourth-order valence-electron chi connectivity index (χ4n) is 8.78. The minimum absolute atomic E-state index is 0.400. The highest BCUT2D eigenvalue weighted by Gasteiger charge is 2.44. The van der Waals surface area contributed by atoms with Crippen molar-refractivity contribution in [1.82, 2.24) is 0 Å². The maximum absolute atomic E-state index is 6.75. The van der Waals surface area contributed by atoms with E-state index < -0.39 is 5.41 Å². The Morgan fingerprint density at radius 1 is 0.509 bits per heavy atom. The zero-order valence-electron chi connectivity index (χ0n) is 29.4. The Hall–Kier alpha value is -6.78. The Morgan fingerprint density at radius 3 is 2.06 bits per heavy atom. The maximum atomic E-state index is 6.75. The summed E-state index contributed by atoms with van der Waals surface area (Å²) in [5.74, 6) is 1.72. The van der Waals surface area contributed by atoms with Gasteiger partial charge in [0.2, 0.25) is 0 Å². The topological polar surface area (TPSA) is 28.9 Å². The first-order chi connectivity index (χ1) is 26.1. The molecule has 11 rings (SSSR count). The Morgan fingerprint density at radius 2 is 1.19 bits per heavy atom. The molecule has 0 saturated heterocycles. The predicted molar refractivity (Wildman–Crippen MR) is 218 cm³/mol. The minimum Gasteiger partial charge on any atom is -0.454 e. The molecule has 2 aliphatic heterocycles. The third-order valence-corrected chi connectivity index (χ3v) is 11.2. The van der Waals surface area contributed by atoms with Crippen LogP contribution < -0.4 is 14.5 Å². The zero-order valence-corrected chi connectivity index (χ0v) is 29.4. The lowest BCUT2D eigenvalue weighted by molar-refractivity contribution is 0.472. The summed E-state index contributed by atoms with van der Waals surface area (Å²) >= 11 is 0. The van der Waals surface area contributed by atoms with Crippen LogP contribution in [0.3, 0.4) is 0 Å². The molecule has 0 aliphatic carbocycles. The number of benzene rings is 8. The third kappa shape index (κ3) is 4.30. The lowest BCUT2D eigenvalue weighted by Crippen LogP contribution is -2.34. The van der Waals surface area contributed by atoms with Crippen molar-refractivity contribution >= 4 is 66.8 Å². The number of ether oxygens (including phenoxy) is 1. The van der Waals surface area contributed by atoms with Crippen molar-refractivity contribution < 1.29 is 9.15 Å². The summed E-state index contributed by atoms with van der Waals surface area (Å²) in [6, 6.07) is 60.4. The first-order valence-corrected chi connectivity index (χ1v) is 18.2. The van der Waals surface area contributed by atoms with Crippen molar-refractivity contribution in [3.05, 3.63) is 181 Å². The van der Waals surface area contributed by atoms with E-state index >= 15 is 0 Å². The number of para-hydroxylation sites is 3. The molecule has 8 aromatic carbocycles. The molecule has 0 bridgehead atoms. The number of rotatable bonds is 4. The summed E-state index contributed by atoms with van der Waals surface area (Å²) in [6.07, 6.45) is 0. The monoisotopic (exact) mass is 682 g/mol. The predicted octanol–water partition coefficient (Wildman–Crippen LogP) is 14.1. The molecule has 0 spiro atoms. The van der Waals surface area contributed by atoms with E-state index in [1.165, 1.54) is 27.6 Å². The molecular weight excluding hydrogens is 649 g/mol. The summed E-state index contributed by atoms with van der Waals surface area (Å²) in [7, 11) is 0. The number of hydrogen-bond donors (Lipinski definition) is 0. The number of hydrogen-bond acceptors (Lipinski definition) is 4. The van der Waals surface area contributed by atoms with Gasteiger partial charge in [-0.05, 0) is 70.6 Å². The quantitative estimate of drug-likeness (QED) is 0.185. The number of furan rings is 1. The fourth-order valence-corrected chi connectivity index (χ4v) is 8.78. The average Bonchev–Trinajstić information content (AvgIpc) is 3.59. The average molecular weight is 683 g/mol. The van der Waals surface area contributed by atoms with Crippen LogP contribution in [0.15, 0.2) is 174 Å². The highest BCUT2D eigenvalue weighted by Crippen LogP contribution is 2.63. The number of fused-ring (bicyclic) bond motifs is 9. The fraction of sp³-hybridized carbons (Fsp3) is 0.0612. The van der Waals surface area contributed by atoms with Gasteiger partial charge in [-0.1, -0.05) is 135 Å². The number of nitrogens with zero attached hydrogens (tertiary/aromatic N) is 2. The van der Waals surface area contributed by atoms with Gasteiger partial charge in [-0.3, -0.25) is 0 Å². The van der Waals surface area contributed by atoms with E-state index in [0.717, 1.165) is 72.9 Å². The molecular formula is C49H34N2O2. The van der Waals surface area contributed by atoms with Crippen LogP contribution >= 0.6 is 0 Å². The summed E-state index contributed by atoms with van der Waals surface area (Å²) < 4.78 is 13.5. The SMILES string of the molecule is CC1(C)c2cccc3c2N(c2cccc(N(c4ccc(-c5ccccc5)cc4)c4cccc5c4oc4ccccc45)c21)c1c(ccc2ccccc12)O3. The van der Waals surface area contributed by atoms with Crippen molar-refractivity contribution in [2.45, 2.75) is 19.3 Å². The van der Waals surface area contributed by atoms with Crippen LogP contribution in [0.1, 0.15) is 25.0 Å². The lowest BCUT2D eigenvalue weighted by atomic mass is 9.72. The Labute approximate surface area is 307 Å². The first-order valence-electron chi connectivity index (χ1n) is 18.2. The maximum Gasteiger partial charge on any atom is 0.159 e. The Balaban J connectivity index is 1.21. The van der Waals surface area contributed by atoms with E-state index in [2.05, 4.69) is 187 Å². The van der Waals surface area contributed by atoms with Gasteiger partial charge >= 0.3 is 0 Å². The van der Waals surface area contributed by atoms with E-state index in [1.807, 2.05) is 6.07 Å². The summed E-state index contributed by atoms with van der Waals surface area (Å²) in [5, 5.41) is 4.53. The van der Waals surface area contributed by atoms with Crippen LogP contribution in [0.4, 0.5) is 34.1 Å². The van der Waals surface area contributed by atoms with Crippen LogP contribution in [0.5, 0.6) is 11.5 Å². The van der Waals surface area contributed by atoms with E-state index in [9.17, 15) is 0 Å². The van der Waals surface area contributed by atoms with Gasteiger partial charge < -0.3 is 19.0 Å². The molecule has 4 nitrogen and oxygen atoms in total. The second kappa shape index (κ2) is 11.1. The largest absolute Gasteiger partial charge is 0.454 e. The van der Waals surface area contributed by atoms with Crippen molar-refractivity contribution in [2.24, 2.45) is 0 Å². The molecule has 2 aliphatic rings. The van der Waals surface area contributed by atoms with Crippen molar-refractivity contribution in [3.63, 3.8) is 0 Å². The summed E-state index contributed by atoms with van der Waals surface area (Å²) in [4.78, 5) is 4.85. The van der Waals surface area contributed by atoms with Gasteiger partial charge in [-0.15, -0.1) is 0 Å². The Kier molecular flexibility index (Phi) is 6.27. The van der Waals surface area contributed by atoms with E-state index in [1.54, 1.807) is 0 Å². The molecule has 0 fully saturated rings. The van der Waals surface area contributed by atoms with Gasteiger partial charge in [0.1, 0.15) is 5.58 Å². The van der Waals surface area contributed by atoms with Gasteiger partial charge in [-0.25, -0.2) is 0 Å². The molecule has 252 valence electrons. The smallest absolute Gasteiger partial charge is 0.159 e. The van der Waals surface area contributed by atoms with Gasteiger partial charge in [0.25, 0.3) is 0 Å². The van der Waals surface area contributed by atoms with Gasteiger partial charge in [-0.2, -0.15) is 0 Å². The van der Waals surface area contributed by atoms with Gasteiger partial charge in [0.15, 0.2) is 17.1 Å². The van der Waals surface area contributed by atoms with Crippen molar-refractivity contribution in [3.8, 4) is 22.6 Å². The molecule has 0 saturated carbocycles. The van der Waals surface area contributed by atoms with E-state index in [4.69, 9.17) is 9.15 Å². The molecule has 0 amide bonds. The van der Waals surface area contributed by atoms with Crippen LogP contribution in [-0.4, -0.2) is 0 Å². The molecule has 0 atom stereocenters. The minimum atomic E-state index is -0.400. The molecule has 53 heavy (non-hydrogen) atoms. The zero-order chi connectivity index (χ0) is 35.3. The second-order valence-corrected chi connectivity index (χ2v) is 14.5. The summed E-state index contributed by atoms with van der Waals surface area (Å²) in [6.45, 7) is 4.69. The van der Waals surface area contributed by atoms with Crippen molar-refractivity contribution in [2.75, 3.05) is 9.80 Å². The van der Waals surface area contributed by atoms with Gasteiger partial charge in [0.05, 0.1) is 28.4 Å². The standard InChI is InChI=1S/C49H34N2O2/c1-49(2)38-19-11-24-43-47(38)51(46-35-16-7-6-15-33(35)27-30-44(46)52-43)40-21-12-20-39(45(40)49)50(34-28-25-32(26-29-34)31-13-4-3-5-14-31)41-22-10-18-37-36-17-8-9-23-42(36)53-48(37)41/h3-30H,1-2H3. The normalized spacial score (nSPS) is 13.7. The van der Waals surface area contributed by atoms with Crippen LogP contribution in [-0.2, 0) is 5.41 Å². The lowest BCUT2D eigenvalue weighted by Gasteiger charge is -2.46. The first kappa shape index (κ1) is 29.9. The molecule has 4 heteroatoms. The number of anilines is 6. The molecule has 1 aromatic heterocycles. The molecule has 3 heterocycles. The molecule has 9 aromatic rings. The Bertz CT molecular complexity index is 2910. The highest BCUT2D eigenvalue weighted by molar-refractivity contribution is 6.11. The molecule has 0 radical (unpaired) electrons.